The molecule has 2 atom stereocenters. The van der Waals surface area contributed by atoms with Gasteiger partial charge in [0.15, 0.2) is 11.6 Å². The molecule has 4 heteroatoms. The molecule has 1 heterocycles. The summed E-state index contributed by atoms with van der Waals surface area (Å²) >= 11 is 0. The van der Waals surface area contributed by atoms with Crippen molar-refractivity contribution in [3.8, 4) is 0 Å². The van der Waals surface area contributed by atoms with Crippen LogP contribution in [0.3, 0.4) is 0 Å². The van der Waals surface area contributed by atoms with Gasteiger partial charge in [0, 0.05) is 62.2 Å². The summed E-state index contributed by atoms with van der Waals surface area (Å²) in [5.74, 6) is 0.333. The van der Waals surface area contributed by atoms with E-state index in [1.54, 1.807) is 0 Å². The van der Waals surface area contributed by atoms with Crippen molar-refractivity contribution < 1.29 is 9.59 Å². The summed E-state index contributed by atoms with van der Waals surface area (Å²) in [4.78, 5) is 31.5. The Hall–Kier alpha value is -3.86. The molecule has 0 saturated carbocycles. The summed E-state index contributed by atoms with van der Waals surface area (Å²) < 4.78 is 0. The Labute approximate surface area is 238 Å². The van der Waals surface area contributed by atoms with E-state index in [-0.39, 0.29) is 23.7 Å². The average molecular weight is 531 g/mol. The molecule has 0 aromatic heterocycles. The minimum Gasteiger partial charge on any atom is -0.294 e. The molecule has 2 unspecified atom stereocenters. The van der Waals surface area contributed by atoms with Crippen LogP contribution in [0.4, 0.5) is 0 Å². The van der Waals surface area contributed by atoms with Gasteiger partial charge in [0.05, 0.1) is 0 Å². The van der Waals surface area contributed by atoms with E-state index in [1.807, 2.05) is 60.7 Å². The van der Waals surface area contributed by atoms with Gasteiger partial charge in [-0.15, -0.1) is 0 Å². The molecule has 0 amide bonds. The second-order valence-corrected chi connectivity index (χ2v) is 10.9. The Morgan fingerprint density at radius 2 is 0.850 bits per heavy atom. The number of Topliss-reactive ketones (excluding diaryl/α,β-unsaturated/α-hetero) is 2. The zero-order chi connectivity index (χ0) is 27.9. The molecule has 4 aromatic carbocycles. The SMILES string of the molecule is Cc1ccc(C(CC(=O)c2ccccc2)N2CCN(C(CC(=O)c3ccccc3)c3ccc(C)cc3)CC2)cc1. The quantitative estimate of drug-likeness (QED) is 0.203. The molecule has 4 nitrogen and oxygen atoms in total. The first-order chi connectivity index (χ1) is 19.5. The van der Waals surface area contributed by atoms with Crippen LogP contribution >= 0.6 is 0 Å². The molecule has 0 spiro atoms. The lowest BCUT2D eigenvalue weighted by Gasteiger charge is -2.42. The third kappa shape index (κ3) is 6.82. The molecule has 0 N–H and O–H groups in total. The van der Waals surface area contributed by atoms with Crippen LogP contribution in [0.5, 0.6) is 0 Å². The van der Waals surface area contributed by atoms with Crippen LogP contribution in [0.25, 0.3) is 0 Å². The fourth-order valence-electron chi connectivity index (χ4n) is 5.69. The maximum Gasteiger partial charge on any atom is 0.164 e. The van der Waals surface area contributed by atoms with Crippen LogP contribution in [0.2, 0.25) is 0 Å². The van der Waals surface area contributed by atoms with Gasteiger partial charge in [-0.2, -0.15) is 0 Å². The minimum absolute atomic E-state index is 0.0132. The van der Waals surface area contributed by atoms with E-state index in [0.29, 0.717) is 12.8 Å². The highest BCUT2D eigenvalue weighted by Crippen LogP contribution is 2.32. The highest BCUT2D eigenvalue weighted by Gasteiger charge is 2.31. The number of carbonyl (C=O) groups excluding carboxylic acids is 2. The molecular weight excluding hydrogens is 492 g/mol. The minimum atomic E-state index is 0.0132. The fourth-order valence-corrected chi connectivity index (χ4v) is 5.69. The molecule has 0 bridgehead atoms. The van der Waals surface area contributed by atoms with Crippen LogP contribution in [-0.4, -0.2) is 47.5 Å². The van der Waals surface area contributed by atoms with Gasteiger partial charge in [-0.1, -0.05) is 120 Å². The van der Waals surface area contributed by atoms with E-state index < -0.39 is 0 Å². The molecule has 0 radical (unpaired) electrons. The van der Waals surface area contributed by atoms with E-state index in [9.17, 15) is 9.59 Å². The van der Waals surface area contributed by atoms with Crippen molar-refractivity contribution in [1.29, 1.82) is 0 Å². The van der Waals surface area contributed by atoms with Crippen LogP contribution in [0, 0.1) is 13.8 Å². The lowest BCUT2D eigenvalue weighted by Crippen LogP contribution is -2.49. The summed E-state index contributed by atoms with van der Waals surface area (Å²) in [5, 5.41) is 0. The van der Waals surface area contributed by atoms with Gasteiger partial charge in [0.25, 0.3) is 0 Å². The summed E-state index contributed by atoms with van der Waals surface area (Å²) in [6, 6.07) is 36.4. The zero-order valence-corrected chi connectivity index (χ0v) is 23.5. The van der Waals surface area contributed by atoms with Crippen LogP contribution in [0.1, 0.15) is 67.9 Å². The van der Waals surface area contributed by atoms with Crippen molar-refractivity contribution in [2.45, 2.75) is 38.8 Å². The van der Waals surface area contributed by atoms with Crippen LogP contribution in [-0.2, 0) is 0 Å². The summed E-state index contributed by atoms with van der Waals surface area (Å²) in [5.41, 5.74) is 6.31. The smallest absolute Gasteiger partial charge is 0.164 e. The topological polar surface area (TPSA) is 40.6 Å². The average Bonchev–Trinajstić information content (AvgIpc) is 3.00. The lowest BCUT2D eigenvalue weighted by atomic mass is 9.93. The van der Waals surface area contributed by atoms with Gasteiger partial charge in [0.1, 0.15) is 0 Å². The predicted molar refractivity (Wildman–Crippen MR) is 162 cm³/mol. The first-order valence-electron chi connectivity index (χ1n) is 14.3. The Balaban J connectivity index is 1.34. The maximum absolute atomic E-state index is 13.3. The van der Waals surface area contributed by atoms with Gasteiger partial charge in [-0.05, 0) is 25.0 Å². The number of hydrogen-bond donors (Lipinski definition) is 0. The fraction of sp³-hybridized carbons (Fsp3) is 0.278. The molecule has 4 aromatic rings. The molecule has 1 aliphatic heterocycles. The molecule has 0 aliphatic carbocycles. The van der Waals surface area contributed by atoms with Crippen LogP contribution < -0.4 is 0 Å². The van der Waals surface area contributed by atoms with E-state index in [4.69, 9.17) is 0 Å². The third-order valence-corrected chi connectivity index (χ3v) is 8.10. The number of ketones is 2. The van der Waals surface area contributed by atoms with E-state index in [2.05, 4.69) is 72.2 Å². The van der Waals surface area contributed by atoms with Crippen molar-refractivity contribution in [2.24, 2.45) is 0 Å². The number of nitrogens with zero attached hydrogens (tertiary/aromatic N) is 2. The zero-order valence-electron chi connectivity index (χ0n) is 23.5. The third-order valence-electron chi connectivity index (χ3n) is 8.10. The normalized spacial score (nSPS) is 15.8. The standard InChI is InChI=1S/C36H38N2O2/c1-27-13-17-29(18-14-27)33(25-35(39)31-9-5-3-6-10-31)37-21-23-38(24-22-37)34(30-19-15-28(2)16-20-30)26-36(40)32-11-7-4-8-12-32/h3-20,33-34H,21-26H2,1-2H3. The van der Waals surface area contributed by atoms with Crippen molar-refractivity contribution in [3.63, 3.8) is 0 Å². The van der Waals surface area contributed by atoms with Gasteiger partial charge >= 0.3 is 0 Å². The molecule has 1 saturated heterocycles. The van der Waals surface area contributed by atoms with Crippen molar-refractivity contribution in [2.75, 3.05) is 26.2 Å². The predicted octanol–water partition coefficient (Wildman–Crippen LogP) is 7.25. The first kappa shape index (κ1) is 27.7. The summed E-state index contributed by atoms with van der Waals surface area (Å²) in [7, 11) is 0. The van der Waals surface area contributed by atoms with Gasteiger partial charge < -0.3 is 0 Å². The van der Waals surface area contributed by atoms with E-state index >= 15 is 0 Å². The summed E-state index contributed by atoms with van der Waals surface area (Å²) in [6.45, 7) is 7.53. The van der Waals surface area contributed by atoms with Crippen LogP contribution in [0.15, 0.2) is 109 Å². The van der Waals surface area contributed by atoms with E-state index in [0.717, 1.165) is 37.3 Å². The number of carbonyl (C=O) groups is 2. The highest BCUT2D eigenvalue weighted by atomic mass is 16.1. The first-order valence-corrected chi connectivity index (χ1v) is 14.3. The molecule has 5 rings (SSSR count). The monoisotopic (exact) mass is 530 g/mol. The molecular formula is C36H38N2O2. The number of rotatable bonds is 10. The Morgan fingerprint density at radius 3 is 1.18 bits per heavy atom. The van der Waals surface area contributed by atoms with Gasteiger partial charge in [0.2, 0.25) is 0 Å². The van der Waals surface area contributed by atoms with Crippen molar-refractivity contribution in [1.82, 2.24) is 9.80 Å². The number of aryl methyl sites for hydroxylation is 2. The van der Waals surface area contributed by atoms with Crippen molar-refractivity contribution >= 4 is 11.6 Å². The Kier molecular flexibility index (Phi) is 9.00. The molecule has 40 heavy (non-hydrogen) atoms. The maximum atomic E-state index is 13.3. The Morgan fingerprint density at radius 1 is 0.525 bits per heavy atom. The largest absolute Gasteiger partial charge is 0.294 e. The second-order valence-electron chi connectivity index (χ2n) is 10.9. The second kappa shape index (κ2) is 13.0. The number of hydrogen-bond acceptors (Lipinski definition) is 4. The summed E-state index contributed by atoms with van der Waals surface area (Å²) in [6.07, 6.45) is 0.891. The molecule has 1 aliphatic rings. The van der Waals surface area contributed by atoms with Gasteiger partial charge in [-0.25, -0.2) is 0 Å². The highest BCUT2D eigenvalue weighted by molar-refractivity contribution is 5.97. The number of benzene rings is 4. The Bertz CT molecular complexity index is 1280. The molecule has 204 valence electrons. The lowest BCUT2D eigenvalue weighted by molar-refractivity contribution is 0.0557. The number of piperazine rings is 1. The van der Waals surface area contributed by atoms with Gasteiger partial charge in [-0.3, -0.25) is 19.4 Å². The van der Waals surface area contributed by atoms with E-state index in [1.165, 1.54) is 22.3 Å². The van der Waals surface area contributed by atoms with Crippen molar-refractivity contribution in [3.05, 3.63) is 143 Å². The molecule has 1 fully saturated rings.